The van der Waals surface area contributed by atoms with E-state index < -0.39 is 10.0 Å². The summed E-state index contributed by atoms with van der Waals surface area (Å²) in [5.41, 5.74) is 6.49. The number of nitrogens with zero attached hydrogens (tertiary/aromatic N) is 2. The molecule has 160 valence electrons. The molecular weight excluding hydrogens is 390 g/mol. The van der Waals surface area contributed by atoms with Crippen molar-refractivity contribution < 1.29 is 18.0 Å². The lowest BCUT2D eigenvalue weighted by Crippen LogP contribution is -2.49. The number of sulfonamides is 1. The molecule has 1 atom stereocenters. The van der Waals surface area contributed by atoms with Crippen molar-refractivity contribution in [3.05, 3.63) is 35.9 Å². The zero-order chi connectivity index (χ0) is 20.9. The van der Waals surface area contributed by atoms with Gasteiger partial charge in [-0.2, -0.15) is 0 Å². The maximum absolute atomic E-state index is 12.9. The molecule has 3 rings (SSSR count). The van der Waals surface area contributed by atoms with E-state index in [1.54, 1.807) is 4.90 Å². The van der Waals surface area contributed by atoms with Gasteiger partial charge < -0.3 is 10.6 Å². The molecule has 2 aliphatic rings. The summed E-state index contributed by atoms with van der Waals surface area (Å²) in [6.45, 7) is 1.79. The summed E-state index contributed by atoms with van der Waals surface area (Å²) in [5.74, 6) is -0.642. The maximum Gasteiger partial charge on any atom is 0.227 e. The van der Waals surface area contributed by atoms with Crippen molar-refractivity contribution in [3.63, 3.8) is 0 Å². The topological polar surface area (TPSA) is 101 Å². The lowest BCUT2D eigenvalue weighted by atomic mass is 9.93. The molecule has 1 aromatic carbocycles. The van der Waals surface area contributed by atoms with Crippen LogP contribution < -0.4 is 5.73 Å². The summed E-state index contributed by atoms with van der Waals surface area (Å²) >= 11 is 0. The Bertz CT molecular complexity index is 804. The number of hydrogen-bond acceptors (Lipinski definition) is 4. The fourth-order valence-corrected chi connectivity index (χ4v) is 5.85. The number of nitrogens with two attached hydrogens (primary N) is 1. The molecule has 0 radical (unpaired) electrons. The third-order valence-corrected chi connectivity index (χ3v) is 7.97. The van der Waals surface area contributed by atoms with Gasteiger partial charge in [-0.3, -0.25) is 9.59 Å². The van der Waals surface area contributed by atoms with Gasteiger partial charge in [-0.1, -0.05) is 30.3 Å². The average Bonchev–Trinajstić information content (AvgIpc) is 2.74. The summed E-state index contributed by atoms with van der Waals surface area (Å²) in [6.07, 6.45) is 3.90. The first-order chi connectivity index (χ1) is 13.9. The number of carbonyl (C=O) groups is 2. The largest absolute Gasteiger partial charge is 0.369 e. The van der Waals surface area contributed by atoms with Gasteiger partial charge in [0.05, 0.1) is 11.7 Å². The van der Waals surface area contributed by atoms with Crippen LogP contribution in [-0.2, 0) is 26.0 Å². The van der Waals surface area contributed by atoms with Crippen molar-refractivity contribution in [3.8, 4) is 0 Å². The smallest absolute Gasteiger partial charge is 0.227 e. The molecule has 0 unspecified atom stereocenters. The molecular formula is C21H31N3O4S. The van der Waals surface area contributed by atoms with E-state index in [-0.39, 0.29) is 35.9 Å². The highest BCUT2D eigenvalue weighted by Crippen LogP contribution is 2.25. The summed E-state index contributed by atoms with van der Waals surface area (Å²) < 4.78 is 27.1. The van der Waals surface area contributed by atoms with Crippen molar-refractivity contribution >= 4 is 21.8 Å². The predicted octanol–water partition coefficient (Wildman–Crippen LogP) is 1.38. The number of amides is 2. The molecule has 0 aliphatic carbocycles. The Hall–Kier alpha value is -1.93. The van der Waals surface area contributed by atoms with E-state index in [4.69, 9.17) is 5.73 Å². The molecule has 1 aromatic rings. The van der Waals surface area contributed by atoms with E-state index in [9.17, 15) is 18.0 Å². The fraction of sp³-hybridized carbons (Fsp3) is 0.619. The SMILES string of the molecule is NC(=O)C1CCN(C(=O)[C@@H]2CCCN(S(=O)(=O)CCCc3ccccc3)C2)CC1. The zero-order valence-corrected chi connectivity index (χ0v) is 17.6. The standard InChI is InChI=1S/C21H31N3O4S/c22-20(25)18-10-13-23(14-11-18)21(26)19-9-4-12-24(16-19)29(27,28)15-5-8-17-6-2-1-3-7-17/h1-3,6-7,18-19H,4-5,8-16H2,(H2,22,25)/t19-/m1/s1. The van der Waals surface area contributed by atoms with Crippen molar-refractivity contribution in [2.75, 3.05) is 31.9 Å². The Morgan fingerprint density at radius 2 is 1.69 bits per heavy atom. The van der Waals surface area contributed by atoms with Gasteiger partial charge >= 0.3 is 0 Å². The average molecular weight is 422 g/mol. The van der Waals surface area contributed by atoms with Crippen LogP contribution in [0.3, 0.4) is 0 Å². The third kappa shape index (κ3) is 5.79. The molecule has 0 saturated carbocycles. The van der Waals surface area contributed by atoms with Crippen LogP contribution in [0.1, 0.15) is 37.7 Å². The van der Waals surface area contributed by atoms with Gasteiger partial charge in [-0.25, -0.2) is 12.7 Å². The number of piperidine rings is 2. The zero-order valence-electron chi connectivity index (χ0n) is 16.8. The molecule has 8 heteroatoms. The Balaban J connectivity index is 1.51. The second-order valence-electron chi connectivity index (χ2n) is 8.10. The van der Waals surface area contributed by atoms with E-state index in [1.807, 2.05) is 30.3 Å². The van der Waals surface area contributed by atoms with Gasteiger partial charge in [-0.05, 0) is 44.1 Å². The second-order valence-corrected chi connectivity index (χ2v) is 10.2. The Morgan fingerprint density at radius 1 is 1.00 bits per heavy atom. The molecule has 2 heterocycles. The van der Waals surface area contributed by atoms with Crippen LogP contribution in [0.25, 0.3) is 0 Å². The first kappa shape index (κ1) is 21.8. The van der Waals surface area contributed by atoms with E-state index in [1.165, 1.54) is 4.31 Å². The minimum Gasteiger partial charge on any atom is -0.369 e. The van der Waals surface area contributed by atoms with Crippen molar-refractivity contribution in [2.24, 2.45) is 17.6 Å². The highest BCUT2D eigenvalue weighted by Gasteiger charge is 2.35. The van der Waals surface area contributed by atoms with Crippen LogP contribution >= 0.6 is 0 Å². The first-order valence-electron chi connectivity index (χ1n) is 10.5. The van der Waals surface area contributed by atoms with Crippen LogP contribution in [0.4, 0.5) is 0 Å². The molecule has 2 amide bonds. The first-order valence-corrected chi connectivity index (χ1v) is 12.1. The molecule has 2 fully saturated rings. The van der Waals surface area contributed by atoms with Crippen LogP contribution in [0.2, 0.25) is 0 Å². The summed E-state index contributed by atoms with van der Waals surface area (Å²) in [5, 5.41) is 0. The van der Waals surface area contributed by atoms with Crippen LogP contribution in [0.5, 0.6) is 0 Å². The molecule has 7 nitrogen and oxygen atoms in total. The number of aryl methyl sites for hydroxylation is 1. The highest BCUT2D eigenvalue weighted by molar-refractivity contribution is 7.89. The van der Waals surface area contributed by atoms with Crippen molar-refractivity contribution in [2.45, 2.75) is 38.5 Å². The van der Waals surface area contributed by atoms with Gasteiger partial charge in [0.2, 0.25) is 21.8 Å². The lowest BCUT2D eigenvalue weighted by Gasteiger charge is -2.37. The van der Waals surface area contributed by atoms with Gasteiger partial charge in [0.15, 0.2) is 0 Å². The maximum atomic E-state index is 12.9. The van der Waals surface area contributed by atoms with Crippen LogP contribution in [0.15, 0.2) is 30.3 Å². The van der Waals surface area contributed by atoms with E-state index >= 15 is 0 Å². The quantitative estimate of drug-likeness (QED) is 0.719. The summed E-state index contributed by atoms with van der Waals surface area (Å²) in [7, 11) is -3.37. The van der Waals surface area contributed by atoms with Gasteiger partial charge in [-0.15, -0.1) is 0 Å². The number of rotatable bonds is 7. The second kappa shape index (κ2) is 9.71. The van der Waals surface area contributed by atoms with Gasteiger partial charge in [0.25, 0.3) is 0 Å². The minimum atomic E-state index is -3.37. The predicted molar refractivity (Wildman–Crippen MR) is 111 cm³/mol. The van der Waals surface area contributed by atoms with Crippen molar-refractivity contribution in [1.82, 2.24) is 9.21 Å². The third-order valence-electron chi connectivity index (χ3n) is 6.05. The Morgan fingerprint density at radius 3 is 2.34 bits per heavy atom. The number of carbonyl (C=O) groups excluding carboxylic acids is 2. The minimum absolute atomic E-state index is 0.0112. The van der Waals surface area contributed by atoms with Crippen molar-refractivity contribution in [1.29, 1.82) is 0 Å². The summed E-state index contributed by atoms with van der Waals surface area (Å²) in [4.78, 5) is 26.0. The van der Waals surface area contributed by atoms with Crippen LogP contribution in [0, 0.1) is 11.8 Å². The Kier molecular flexibility index (Phi) is 7.29. The van der Waals surface area contributed by atoms with E-state index in [0.717, 1.165) is 12.0 Å². The monoisotopic (exact) mass is 421 g/mol. The molecule has 0 spiro atoms. The number of hydrogen-bond donors (Lipinski definition) is 1. The normalized spacial score (nSPS) is 21.8. The molecule has 29 heavy (non-hydrogen) atoms. The fourth-order valence-electron chi connectivity index (χ4n) is 4.27. The van der Waals surface area contributed by atoms with Crippen LogP contribution in [-0.4, -0.2) is 61.4 Å². The lowest BCUT2D eigenvalue weighted by molar-refractivity contribution is -0.139. The summed E-state index contributed by atoms with van der Waals surface area (Å²) in [6, 6.07) is 9.86. The number of primary amides is 1. The molecule has 2 aliphatic heterocycles. The number of benzene rings is 1. The number of likely N-dealkylation sites (tertiary alicyclic amines) is 1. The molecule has 0 bridgehead atoms. The highest BCUT2D eigenvalue weighted by atomic mass is 32.2. The Labute approximate surface area is 173 Å². The molecule has 2 N–H and O–H groups in total. The molecule has 0 aromatic heterocycles. The molecule has 2 saturated heterocycles. The van der Waals surface area contributed by atoms with Gasteiger partial charge in [0.1, 0.15) is 0 Å². The van der Waals surface area contributed by atoms with E-state index in [0.29, 0.717) is 51.7 Å². The van der Waals surface area contributed by atoms with Gasteiger partial charge in [0, 0.05) is 32.1 Å². The van der Waals surface area contributed by atoms with E-state index in [2.05, 4.69) is 0 Å².